The van der Waals surface area contributed by atoms with Crippen LogP contribution in [0.15, 0.2) is 6.07 Å². The largest absolute Gasteiger partial charge is 0.498 e. The van der Waals surface area contributed by atoms with E-state index in [1.807, 2.05) is 0 Å². The summed E-state index contributed by atoms with van der Waals surface area (Å²) in [5.74, 6) is -6.66. The molecule has 1 N–H and O–H groups in total. The lowest BCUT2D eigenvalue weighted by Gasteiger charge is -2.23. The summed E-state index contributed by atoms with van der Waals surface area (Å²) in [6.45, 7) is 3.68. The number of rotatable bonds is 7. The van der Waals surface area contributed by atoms with Crippen LogP contribution in [0.3, 0.4) is 0 Å². The van der Waals surface area contributed by atoms with Gasteiger partial charge in [0.15, 0.2) is 23.3 Å². The molecule has 114 valence electrons. The van der Waals surface area contributed by atoms with Gasteiger partial charge in [0.2, 0.25) is 0 Å². The molecule has 0 unspecified atom stereocenters. The van der Waals surface area contributed by atoms with Crippen LogP contribution in [0.2, 0.25) is 6.04 Å². The Bertz CT molecular complexity index is 465. The van der Waals surface area contributed by atoms with Gasteiger partial charge in [-0.2, -0.15) is 0 Å². The molecule has 1 aromatic rings. The van der Waals surface area contributed by atoms with Crippen molar-refractivity contribution in [1.29, 1.82) is 0 Å². The van der Waals surface area contributed by atoms with Gasteiger partial charge >= 0.3 is 8.80 Å². The number of aryl methyl sites for hydroxylation is 1. The van der Waals surface area contributed by atoms with Gasteiger partial charge in [0.1, 0.15) is 0 Å². The van der Waals surface area contributed by atoms with Crippen LogP contribution in [0, 0.1) is 23.3 Å². The van der Waals surface area contributed by atoms with Crippen LogP contribution in [0.25, 0.3) is 0 Å². The third-order valence-corrected chi connectivity index (χ3v) is 4.99. The minimum absolute atomic E-state index is 0.115. The van der Waals surface area contributed by atoms with Gasteiger partial charge in [-0.1, -0.05) is 0 Å². The molecular formula is C12H16F4O3Si. The molecule has 8 heteroatoms. The highest BCUT2D eigenvalue weighted by Crippen LogP contribution is 2.22. The predicted molar refractivity (Wildman–Crippen MR) is 66.0 cm³/mol. The monoisotopic (exact) mass is 312 g/mol. The zero-order valence-electron chi connectivity index (χ0n) is 11.2. The van der Waals surface area contributed by atoms with Crippen molar-refractivity contribution in [2.75, 3.05) is 13.2 Å². The molecule has 0 saturated heterocycles. The van der Waals surface area contributed by atoms with Gasteiger partial charge in [-0.3, -0.25) is 0 Å². The smallest absolute Gasteiger partial charge is 0.390 e. The lowest BCUT2D eigenvalue weighted by atomic mass is 10.1. The second kappa shape index (κ2) is 7.16. The highest BCUT2D eigenvalue weighted by atomic mass is 28.4. The molecule has 0 fully saturated rings. The minimum atomic E-state index is -3.51. The van der Waals surface area contributed by atoms with Crippen LogP contribution >= 0.6 is 0 Å². The first-order chi connectivity index (χ1) is 9.34. The highest BCUT2D eigenvalue weighted by molar-refractivity contribution is 6.59. The molecule has 0 aliphatic rings. The van der Waals surface area contributed by atoms with Gasteiger partial charge in [-0.25, -0.2) is 17.6 Å². The predicted octanol–water partition coefficient (Wildman–Crippen LogP) is 2.79. The van der Waals surface area contributed by atoms with Crippen molar-refractivity contribution in [3.05, 3.63) is 34.9 Å². The molecule has 0 amide bonds. The molecule has 1 rings (SSSR count). The van der Waals surface area contributed by atoms with Crippen LogP contribution in [-0.2, 0) is 15.3 Å². The average molecular weight is 312 g/mol. The normalized spacial score (nSPS) is 11.9. The molecule has 0 saturated carbocycles. The van der Waals surface area contributed by atoms with Gasteiger partial charge < -0.3 is 13.6 Å². The number of hydrogen-bond acceptors (Lipinski definition) is 3. The van der Waals surface area contributed by atoms with E-state index in [0.29, 0.717) is 6.07 Å². The lowest BCUT2D eigenvalue weighted by molar-refractivity contribution is 0.108. The van der Waals surface area contributed by atoms with E-state index in [-0.39, 0.29) is 31.2 Å². The van der Waals surface area contributed by atoms with Gasteiger partial charge in [-0.05, 0) is 31.9 Å². The molecule has 0 aliphatic carbocycles. The van der Waals surface area contributed by atoms with E-state index in [1.165, 1.54) is 0 Å². The summed E-state index contributed by atoms with van der Waals surface area (Å²) in [4.78, 5) is 10.1. The average Bonchev–Trinajstić information content (AvgIpc) is 2.40. The van der Waals surface area contributed by atoms with Crippen molar-refractivity contribution in [1.82, 2.24) is 0 Å². The third kappa shape index (κ3) is 4.01. The summed E-state index contributed by atoms with van der Waals surface area (Å²) in [6, 6.07) is 0.455. The fourth-order valence-electron chi connectivity index (χ4n) is 1.73. The van der Waals surface area contributed by atoms with Crippen molar-refractivity contribution in [3.63, 3.8) is 0 Å². The van der Waals surface area contributed by atoms with Gasteiger partial charge in [0.25, 0.3) is 0 Å². The summed E-state index contributed by atoms with van der Waals surface area (Å²) in [7, 11) is -3.51. The molecular weight excluding hydrogens is 296 g/mol. The molecule has 0 aliphatic heterocycles. The maximum absolute atomic E-state index is 13.5. The highest BCUT2D eigenvalue weighted by Gasteiger charge is 2.36. The first kappa shape index (κ1) is 17.1. The Labute approximate surface area is 115 Å². The quantitative estimate of drug-likeness (QED) is 0.364. The van der Waals surface area contributed by atoms with Crippen molar-refractivity contribution in [2.45, 2.75) is 26.3 Å². The minimum Gasteiger partial charge on any atom is -0.390 e. The second-order valence-corrected chi connectivity index (χ2v) is 6.54. The van der Waals surface area contributed by atoms with Crippen LogP contribution in [0.4, 0.5) is 17.6 Å². The SMILES string of the molecule is CCO[Si](O)(CCc1cc(F)c(F)c(F)c1F)OCC. The van der Waals surface area contributed by atoms with E-state index in [2.05, 4.69) is 0 Å². The fraction of sp³-hybridized carbons (Fsp3) is 0.500. The van der Waals surface area contributed by atoms with E-state index >= 15 is 0 Å². The van der Waals surface area contributed by atoms with E-state index in [9.17, 15) is 22.4 Å². The van der Waals surface area contributed by atoms with Gasteiger partial charge in [0, 0.05) is 19.3 Å². The summed E-state index contributed by atoms with van der Waals surface area (Å²) in [5, 5.41) is 0. The van der Waals surface area contributed by atoms with Gasteiger partial charge in [0.05, 0.1) is 0 Å². The third-order valence-electron chi connectivity index (χ3n) is 2.63. The van der Waals surface area contributed by atoms with E-state index in [1.54, 1.807) is 13.8 Å². The number of hydrogen-bond donors (Lipinski definition) is 1. The van der Waals surface area contributed by atoms with Crippen molar-refractivity contribution >= 4 is 8.80 Å². The zero-order chi connectivity index (χ0) is 15.3. The number of benzene rings is 1. The van der Waals surface area contributed by atoms with Crippen molar-refractivity contribution < 1.29 is 31.2 Å². The maximum Gasteiger partial charge on any atom is 0.498 e. The Morgan fingerprint density at radius 2 is 1.55 bits per heavy atom. The number of halogens is 4. The molecule has 20 heavy (non-hydrogen) atoms. The first-order valence-electron chi connectivity index (χ1n) is 6.16. The van der Waals surface area contributed by atoms with Crippen LogP contribution in [0.1, 0.15) is 19.4 Å². The molecule has 0 heterocycles. The Morgan fingerprint density at radius 3 is 2.05 bits per heavy atom. The molecule has 0 bridgehead atoms. The van der Waals surface area contributed by atoms with Gasteiger partial charge in [-0.15, -0.1) is 0 Å². The Hall–Kier alpha value is -0.963. The second-order valence-electron chi connectivity index (χ2n) is 4.04. The standard InChI is InChI=1S/C12H16F4O3Si/c1-3-18-20(17,19-4-2)6-5-8-7-9(13)11(15)12(16)10(8)14/h7,17H,3-6H2,1-2H3. The fourth-order valence-corrected chi connectivity index (χ4v) is 3.59. The van der Waals surface area contributed by atoms with Crippen molar-refractivity contribution in [2.24, 2.45) is 0 Å². The summed E-state index contributed by atoms with van der Waals surface area (Å²) in [6.07, 6.45) is -0.220. The van der Waals surface area contributed by atoms with Crippen LogP contribution < -0.4 is 0 Å². The molecule has 1 aromatic carbocycles. The molecule has 0 radical (unpaired) electrons. The Morgan fingerprint density at radius 1 is 1.00 bits per heavy atom. The summed E-state index contributed by atoms with van der Waals surface area (Å²) >= 11 is 0. The zero-order valence-corrected chi connectivity index (χ0v) is 12.2. The lowest BCUT2D eigenvalue weighted by Crippen LogP contribution is -2.43. The van der Waals surface area contributed by atoms with Crippen LogP contribution in [-0.4, -0.2) is 26.8 Å². The van der Waals surface area contributed by atoms with Crippen LogP contribution in [0.5, 0.6) is 0 Å². The first-order valence-corrected chi connectivity index (χ1v) is 8.13. The summed E-state index contributed by atoms with van der Waals surface area (Å²) in [5.41, 5.74) is -0.369. The molecule has 0 atom stereocenters. The van der Waals surface area contributed by atoms with Crippen molar-refractivity contribution in [3.8, 4) is 0 Å². The molecule has 3 nitrogen and oxygen atoms in total. The molecule has 0 spiro atoms. The van der Waals surface area contributed by atoms with E-state index in [0.717, 1.165) is 0 Å². The Kier molecular flexibility index (Phi) is 6.12. The van der Waals surface area contributed by atoms with E-state index in [4.69, 9.17) is 8.85 Å². The van der Waals surface area contributed by atoms with E-state index < -0.39 is 32.1 Å². The maximum atomic E-state index is 13.5. The Balaban J connectivity index is 2.88. The molecule has 0 aromatic heterocycles. The topological polar surface area (TPSA) is 38.7 Å². The summed E-state index contributed by atoms with van der Waals surface area (Å²) < 4.78 is 62.6.